The third kappa shape index (κ3) is 6.84. The molecule has 0 aliphatic carbocycles. The van der Waals surface area contributed by atoms with Crippen molar-refractivity contribution in [1.82, 2.24) is 10.2 Å². The van der Waals surface area contributed by atoms with Gasteiger partial charge in [0.25, 0.3) is 0 Å². The highest BCUT2D eigenvalue weighted by molar-refractivity contribution is 5.96. The summed E-state index contributed by atoms with van der Waals surface area (Å²) in [6.07, 6.45) is 0.956. The highest BCUT2D eigenvalue weighted by Gasteiger charge is 2.33. The van der Waals surface area contributed by atoms with Crippen LogP contribution in [0.5, 0.6) is 0 Å². The third-order valence-corrected chi connectivity index (χ3v) is 4.73. The van der Waals surface area contributed by atoms with Gasteiger partial charge in [-0.2, -0.15) is 0 Å². The fourth-order valence-corrected chi connectivity index (χ4v) is 3.06. The van der Waals surface area contributed by atoms with E-state index in [0.29, 0.717) is 43.9 Å². The fraction of sp³-hybridized carbons (Fsp3) is 0.524. The van der Waals surface area contributed by atoms with Crippen LogP contribution in [0.15, 0.2) is 18.2 Å². The maximum Gasteiger partial charge on any atom is 0.307 e. The number of carbonyl (C=O) groups excluding carboxylic acids is 4. The third-order valence-electron chi connectivity index (χ3n) is 4.73. The summed E-state index contributed by atoms with van der Waals surface area (Å²) in [4.78, 5) is 50.1. The van der Waals surface area contributed by atoms with Crippen LogP contribution >= 0.6 is 0 Å². The van der Waals surface area contributed by atoms with Crippen molar-refractivity contribution >= 4 is 35.1 Å². The Balaban J connectivity index is 2.01. The summed E-state index contributed by atoms with van der Waals surface area (Å²) in [5.41, 5.74) is 2.05. The maximum absolute atomic E-state index is 12.6. The number of ether oxygens (including phenoxy) is 1. The Hall–Kier alpha value is -2.94. The normalized spacial score (nSPS) is 16.5. The van der Waals surface area contributed by atoms with Gasteiger partial charge in [-0.15, -0.1) is 0 Å². The van der Waals surface area contributed by atoms with Crippen LogP contribution in [0.2, 0.25) is 0 Å². The number of nitrogens with zero attached hydrogens (tertiary/aromatic N) is 1. The van der Waals surface area contributed by atoms with Crippen molar-refractivity contribution in [1.29, 1.82) is 0 Å². The van der Waals surface area contributed by atoms with E-state index in [2.05, 4.69) is 16.0 Å². The summed E-state index contributed by atoms with van der Waals surface area (Å²) in [7, 11) is 0. The predicted molar refractivity (Wildman–Crippen MR) is 113 cm³/mol. The van der Waals surface area contributed by atoms with Gasteiger partial charge in [-0.05, 0) is 31.0 Å². The van der Waals surface area contributed by atoms with E-state index in [-0.39, 0.29) is 30.7 Å². The summed E-state index contributed by atoms with van der Waals surface area (Å²) in [6.45, 7) is 6.65. The van der Waals surface area contributed by atoms with Crippen LogP contribution in [0.3, 0.4) is 0 Å². The molecule has 1 unspecified atom stereocenters. The molecule has 2 rings (SSSR count). The number of hydrogen-bond donors (Lipinski definition) is 3. The molecule has 3 amide bonds. The molecule has 1 aromatic carbocycles. The lowest BCUT2D eigenvalue weighted by Gasteiger charge is -2.33. The van der Waals surface area contributed by atoms with Crippen LogP contribution in [0.25, 0.3) is 0 Å². The smallest absolute Gasteiger partial charge is 0.307 e. The number of amides is 3. The molecular formula is C21H30N4O5. The largest absolute Gasteiger partial charge is 0.466 e. The molecule has 1 aliphatic rings. The molecule has 9 heteroatoms. The lowest BCUT2D eigenvalue weighted by molar-refractivity contribution is -0.148. The quantitative estimate of drug-likeness (QED) is 0.522. The summed E-state index contributed by atoms with van der Waals surface area (Å²) >= 11 is 0. The molecule has 0 bridgehead atoms. The van der Waals surface area contributed by atoms with Crippen molar-refractivity contribution in [3.8, 4) is 0 Å². The van der Waals surface area contributed by atoms with Crippen LogP contribution in [0.1, 0.15) is 38.7 Å². The summed E-state index contributed by atoms with van der Waals surface area (Å²) in [6, 6.07) is 4.51. The number of nitrogens with one attached hydrogen (secondary N) is 3. The second-order valence-corrected chi connectivity index (χ2v) is 7.18. The molecule has 1 heterocycles. The van der Waals surface area contributed by atoms with Crippen molar-refractivity contribution in [2.45, 2.75) is 46.1 Å². The number of hydrogen-bond acceptors (Lipinski definition) is 6. The van der Waals surface area contributed by atoms with E-state index in [1.807, 2.05) is 19.9 Å². The van der Waals surface area contributed by atoms with Crippen LogP contribution in [-0.2, 0) is 23.9 Å². The molecular weight excluding hydrogens is 388 g/mol. The van der Waals surface area contributed by atoms with Crippen LogP contribution in [-0.4, -0.2) is 60.9 Å². The van der Waals surface area contributed by atoms with Gasteiger partial charge >= 0.3 is 5.97 Å². The summed E-state index contributed by atoms with van der Waals surface area (Å²) in [5.74, 6) is -1.17. The molecule has 0 spiro atoms. The number of piperazine rings is 1. The van der Waals surface area contributed by atoms with E-state index < -0.39 is 12.0 Å². The van der Waals surface area contributed by atoms with E-state index in [1.54, 1.807) is 24.0 Å². The minimum atomic E-state index is -0.744. The Morgan fingerprint density at radius 1 is 1.20 bits per heavy atom. The van der Waals surface area contributed by atoms with Gasteiger partial charge in [0, 0.05) is 30.9 Å². The second-order valence-electron chi connectivity index (χ2n) is 7.18. The molecule has 30 heavy (non-hydrogen) atoms. The van der Waals surface area contributed by atoms with Crippen molar-refractivity contribution in [2.24, 2.45) is 0 Å². The van der Waals surface area contributed by atoms with Gasteiger partial charge in [0.15, 0.2) is 0 Å². The van der Waals surface area contributed by atoms with Gasteiger partial charge in [-0.3, -0.25) is 24.1 Å². The van der Waals surface area contributed by atoms with Crippen molar-refractivity contribution in [3.05, 3.63) is 23.8 Å². The Morgan fingerprint density at radius 2 is 1.97 bits per heavy atom. The van der Waals surface area contributed by atoms with Crippen molar-refractivity contribution < 1.29 is 23.9 Å². The van der Waals surface area contributed by atoms with Crippen molar-refractivity contribution in [3.63, 3.8) is 0 Å². The van der Waals surface area contributed by atoms with E-state index in [9.17, 15) is 19.2 Å². The SMILES string of the molecule is CCCOC(=O)CC1C(=O)NCCN1CC(=O)Nc1ccc(C)c(NC(=O)CC)c1. The van der Waals surface area contributed by atoms with Gasteiger partial charge in [-0.25, -0.2) is 0 Å². The van der Waals surface area contributed by atoms with Gasteiger partial charge < -0.3 is 20.7 Å². The first kappa shape index (κ1) is 23.3. The number of aryl methyl sites for hydroxylation is 1. The monoisotopic (exact) mass is 418 g/mol. The van der Waals surface area contributed by atoms with E-state index >= 15 is 0 Å². The number of carbonyl (C=O) groups is 4. The summed E-state index contributed by atoms with van der Waals surface area (Å²) < 4.78 is 5.08. The van der Waals surface area contributed by atoms with Crippen LogP contribution in [0, 0.1) is 6.92 Å². The first-order chi connectivity index (χ1) is 14.3. The molecule has 9 nitrogen and oxygen atoms in total. The van der Waals surface area contributed by atoms with Crippen LogP contribution < -0.4 is 16.0 Å². The van der Waals surface area contributed by atoms with Gasteiger partial charge in [-0.1, -0.05) is 19.9 Å². The average molecular weight is 418 g/mol. The fourth-order valence-electron chi connectivity index (χ4n) is 3.06. The molecule has 1 saturated heterocycles. The number of rotatable bonds is 9. The highest BCUT2D eigenvalue weighted by Crippen LogP contribution is 2.21. The number of esters is 1. The molecule has 1 aromatic rings. The molecule has 164 valence electrons. The minimum absolute atomic E-state index is 0.0380. The Labute approximate surface area is 176 Å². The lowest BCUT2D eigenvalue weighted by atomic mass is 10.1. The Bertz CT molecular complexity index is 796. The summed E-state index contributed by atoms with van der Waals surface area (Å²) in [5, 5.41) is 8.32. The van der Waals surface area contributed by atoms with Gasteiger partial charge in [0.2, 0.25) is 17.7 Å². The zero-order valence-electron chi connectivity index (χ0n) is 17.7. The van der Waals surface area contributed by atoms with E-state index in [0.717, 1.165) is 5.56 Å². The molecule has 0 aromatic heterocycles. The van der Waals surface area contributed by atoms with Crippen molar-refractivity contribution in [2.75, 3.05) is 36.9 Å². The van der Waals surface area contributed by atoms with E-state index in [1.165, 1.54) is 0 Å². The Kier molecular flexibility index (Phi) is 8.79. The first-order valence-electron chi connectivity index (χ1n) is 10.2. The molecule has 0 radical (unpaired) electrons. The van der Waals surface area contributed by atoms with Gasteiger partial charge in [0.1, 0.15) is 6.04 Å². The topological polar surface area (TPSA) is 117 Å². The maximum atomic E-state index is 12.6. The molecule has 1 aliphatic heterocycles. The zero-order chi connectivity index (χ0) is 22.1. The zero-order valence-corrected chi connectivity index (χ0v) is 17.7. The molecule has 0 saturated carbocycles. The number of anilines is 2. The highest BCUT2D eigenvalue weighted by atomic mass is 16.5. The van der Waals surface area contributed by atoms with Crippen LogP contribution in [0.4, 0.5) is 11.4 Å². The standard InChI is InChI=1S/C21H30N4O5/c1-4-10-30-20(28)12-17-21(29)22-8-9-25(17)13-19(27)23-15-7-6-14(3)16(11-15)24-18(26)5-2/h6-7,11,17H,4-5,8-10,12-13H2,1-3H3,(H,22,29)(H,23,27)(H,24,26). The number of benzene rings is 1. The Morgan fingerprint density at radius 3 is 2.67 bits per heavy atom. The molecule has 1 fully saturated rings. The van der Waals surface area contributed by atoms with E-state index in [4.69, 9.17) is 4.74 Å². The molecule has 3 N–H and O–H groups in total. The first-order valence-corrected chi connectivity index (χ1v) is 10.2. The average Bonchev–Trinajstić information content (AvgIpc) is 2.71. The minimum Gasteiger partial charge on any atom is -0.466 e. The van der Waals surface area contributed by atoms with Gasteiger partial charge in [0.05, 0.1) is 19.6 Å². The predicted octanol–water partition coefficient (Wildman–Crippen LogP) is 1.43. The second kappa shape index (κ2) is 11.3. The lowest BCUT2D eigenvalue weighted by Crippen LogP contribution is -2.57. The molecule has 1 atom stereocenters.